The number of piperidine rings is 2. The molecule has 2 aliphatic heterocycles. The zero-order valence-electron chi connectivity index (χ0n) is 17.8. The Morgan fingerprint density at radius 1 is 1.03 bits per heavy atom. The van der Waals surface area contributed by atoms with Crippen LogP contribution in [0.4, 0.5) is 0 Å². The van der Waals surface area contributed by atoms with Gasteiger partial charge < -0.3 is 20.9 Å². The standard InChI is InChI=1S/C22H34N4O2.2ClH/c1-17(23)22(28)26-15-10-20(11-16-26)25-13-8-19(9-14-25)21(27)24-12-7-18-5-3-2-4-6-18;;/h2-6,17,19-20H,7-16,23H2,1H3,(H,24,27);2*1H/t17-;;/m1../s1. The molecule has 2 saturated heterocycles. The summed E-state index contributed by atoms with van der Waals surface area (Å²) in [6, 6.07) is 10.4. The van der Waals surface area contributed by atoms with Crippen LogP contribution >= 0.6 is 24.8 Å². The quantitative estimate of drug-likeness (QED) is 0.684. The van der Waals surface area contributed by atoms with E-state index in [0.29, 0.717) is 12.6 Å². The number of rotatable bonds is 6. The fraction of sp³-hybridized carbons (Fsp3) is 0.636. The van der Waals surface area contributed by atoms with Gasteiger partial charge in [-0.1, -0.05) is 30.3 Å². The number of amides is 2. The SMILES string of the molecule is C[C@@H](N)C(=O)N1CCC(N2CCC(C(=O)NCCc3ccccc3)CC2)CC1.Cl.Cl. The second-order valence-corrected chi connectivity index (χ2v) is 8.18. The van der Waals surface area contributed by atoms with E-state index in [-0.39, 0.29) is 42.5 Å². The van der Waals surface area contributed by atoms with Crippen LogP contribution in [0.15, 0.2) is 30.3 Å². The Kier molecular flexibility index (Phi) is 11.7. The van der Waals surface area contributed by atoms with Crippen molar-refractivity contribution in [3.8, 4) is 0 Å². The van der Waals surface area contributed by atoms with E-state index in [1.807, 2.05) is 23.1 Å². The van der Waals surface area contributed by atoms with Gasteiger partial charge in [-0.15, -0.1) is 24.8 Å². The van der Waals surface area contributed by atoms with Gasteiger partial charge in [0.25, 0.3) is 0 Å². The van der Waals surface area contributed by atoms with E-state index >= 15 is 0 Å². The average Bonchev–Trinajstić information content (AvgIpc) is 2.74. The molecular weight excluding hydrogens is 423 g/mol. The molecule has 0 radical (unpaired) electrons. The minimum atomic E-state index is -0.410. The van der Waals surface area contributed by atoms with Gasteiger partial charge in [0.05, 0.1) is 6.04 Å². The van der Waals surface area contributed by atoms with Crippen molar-refractivity contribution in [3.63, 3.8) is 0 Å². The minimum absolute atomic E-state index is 0. The molecule has 2 amide bonds. The van der Waals surface area contributed by atoms with Crippen LogP contribution in [-0.4, -0.2) is 66.4 Å². The van der Waals surface area contributed by atoms with Crippen molar-refractivity contribution in [2.24, 2.45) is 11.7 Å². The van der Waals surface area contributed by atoms with E-state index in [0.717, 1.165) is 58.3 Å². The molecule has 3 N–H and O–H groups in total. The van der Waals surface area contributed by atoms with Gasteiger partial charge in [-0.25, -0.2) is 0 Å². The van der Waals surface area contributed by atoms with Crippen molar-refractivity contribution in [1.82, 2.24) is 15.1 Å². The number of likely N-dealkylation sites (tertiary alicyclic amines) is 2. The highest BCUT2D eigenvalue weighted by Crippen LogP contribution is 2.24. The highest BCUT2D eigenvalue weighted by Gasteiger charge is 2.31. The van der Waals surface area contributed by atoms with Crippen LogP contribution in [0.1, 0.15) is 38.2 Å². The fourth-order valence-electron chi connectivity index (χ4n) is 4.39. The zero-order valence-corrected chi connectivity index (χ0v) is 19.4. The van der Waals surface area contributed by atoms with Gasteiger partial charge in [0.1, 0.15) is 0 Å². The van der Waals surface area contributed by atoms with Crippen molar-refractivity contribution in [1.29, 1.82) is 0 Å². The van der Waals surface area contributed by atoms with Gasteiger partial charge in [0.2, 0.25) is 11.8 Å². The number of hydrogen-bond acceptors (Lipinski definition) is 4. The van der Waals surface area contributed by atoms with E-state index in [4.69, 9.17) is 5.73 Å². The molecule has 0 spiro atoms. The second-order valence-electron chi connectivity index (χ2n) is 8.18. The molecule has 0 bridgehead atoms. The molecule has 0 aromatic heterocycles. The molecule has 2 aliphatic rings. The number of nitrogens with one attached hydrogen (secondary N) is 1. The molecule has 6 nitrogen and oxygen atoms in total. The maximum absolute atomic E-state index is 12.5. The predicted octanol–water partition coefficient (Wildman–Crippen LogP) is 2.24. The van der Waals surface area contributed by atoms with E-state index < -0.39 is 6.04 Å². The third-order valence-electron chi connectivity index (χ3n) is 6.14. The third kappa shape index (κ3) is 7.41. The number of carbonyl (C=O) groups excluding carboxylic acids is 2. The van der Waals surface area contributed by atoms with Gasteiger partial charge in [-0.3, -0.25) is 9.59 Å². The molecule has 8 heteroatoms. The lowest BCUT2D eigenvalue weighted by atomic mass is 9.92. The van der Waals surface area contributed by atoms with Crippen LogP contribution < -0.4 is 11.1 Å². The number of nitrogens with zero attached hydrogens (tertiary/aromatic N) is 2. The van der Waals surface area contributed by atoms with Crippen molar-refractivity contribution in [2.45, 2.75) is 51.1 Å². The topological polar surface area (TPSA) is 78.7 Å². The van der Waals surface area contributed by atoms with Gasteiger partial charge in [-0.05, 0) is 57.7 Å². The molecular formula is C22H36Cl2N4O2. The minimum Gasteiger partial charge on any atom is -0.356 e. The summed E-state index contributed by atoms with van der Waals surface area (Å²) in [7, 11) is 0. The van der Waals surface area contributed by atoms with Crippen molar-refractivity contribution >= 4 is 36.6 Å². The van der Waals surface area contributed by atoms with Gasteiger partial charge in [-0.2, -0.15) is 0 Å². The Labute approximate surface area is 192 Å². The monoisotopic (exact) mass is 458 g/mol. The van der Waals surface area contributed by atoms with Crippen LogP contribution in [-0.2, 0) is 16.0 Å². The molecule has 2 fully saturated rings. The first-order valence-corrected chi connectivity index (χ1v) is 10.6. The lowest BCUT2D eigenvalue weighted by Crippen LogP contribution is -2.52. The first kappa shape index (κ1) is 26.7. The average molecular weight is 459 g/mol. The van der Waals surface area contributed by atoms with E-state index in [1.165, 1.54) is 5.56 Å². The van der Waals surface area contributed by atoms with Crippen molar-refractivity contribution < 1.29 is 9.59 Å². The van der Waals surface area contributed by atoms with Crippen LogP contribution in [0, 0.1) is 5.92 Å². The summed E-state index contributed by atoms with van der Waals surface area (Å²) >= 11 is 0. The van der Waals surface area contributed by atoms with Gasteiger partial charge in [0, 0.05) is 31.6 Å². The molecule has 30 heavy (non-hydrogen) atoms. The predicted molar refractivity (Wildman–Crippen MR) is 125 cm³/mol. The van der Waals surface area contributed by atoms with Crippen LogP contribution in [0.2, 0.25) is 0 Å². The molecule has 2 heterocycles. The number of benzene rings is 1. The molecule has 0 aliphatic carbocycles. The molecule has 3 rings (SSSR count). The summed E-state index contributed by atoms with van der Waals surface area (Å²) in [5.74, 6) is 0.393. The summed E-state index contributed by atoms with van der Waals surface area (Å²) in [6.07, 6.45) is 4.75. The van der Waals surface area contributed by atoms with Crippen LogP contribution in [0.5, 0.6) is 0 Å². The second kappa shape index (κ2) is 13.2. The maximum atomic E-state index is 12.5. The summed E-state index contributed by atoms with van der Waals surface area (Å²) in [6.45, 7) is 6.00. The molecule has 1 aromatic carbocycles. The molecule has 170 valence electrons. The smallest absolute Gasteiger partial charge is 0.239 e. The Balaban J connectivity index is 0.00000225. The number of carbonyl (C=O) groups is 2. The van der Waals surface area contributed by atoms with E-state index in [1.54, 1.807) is 6.92 Å². The lowest BCUT2D eigenvalue weighted by molar-refractivity contribution is -0.134. The van der Waals surface area contributed by atoms with Crippen molar-refractivity contribution in [2.75, 3.05) is 32.7 Å². The Morgan fingerprint density at radius 2 is 1.63 bits per heavy atom. The third-order valence-corrected chi connectivity index (χ3v) is 6.14. The molecule has 1 aromatic rings. The normalized spacial score (nSPS) is 19.3. The fourth-order valence-corrected chi connectivity index (χ4v) is 4.39. The largest absolute Gasteiger partial charge is 0.356 e. The Bertz CT molecular complexity index is 644. The molecule has 0 saturated carbocycles. The van der Waals surface area contributed by atoms with Gasteiger partial charge >= 0.3 is 0 Å². The first-order chi connectivity index (χ1) is 13.5. The van der Waals surface area contributed by atoms with E-state index in [9.17, 15) is 9.59 Å². The maximum Gasteiger partial charge on any atom is 0.239 e. The van der Waals surface area contributed by atoms with Crippen LogP contribution in [0.25, 0.3) is 0 Å². The highest BCUT2D eigenvalue weighted by molar-refractivity contribution is 5.85. The molecule has 0 unspecified atom stereocenters. The summed E-state index contributed by atoms with van der Waals surface area (Å²) < 4.78 is 0. The van der Waals surface area contributed by atoms with Crippen molar-refractivity contribution in [3.05, 3.63) is 35.9 Å². The van der Waals surface area contributed by atoms with Gasteiger partial charge in [0.15, 0.2) is 0 Å². The summed E-state index contributed by atoms with van der Waals surface area (Å²) in [4.78, 5) is 28.9. The Morgan fingerprint density at radius 3 is 2.20 bits per heavy atom. The number of hydrogen-bond donors (Lipinski definition) is 2. The van der Waals surface area contributed by atoms with E-state index in [2.05, 4.69) is 22.3 Å². The van der Waals surface area contributed by atoms with Crippen LogP contribution in [0.3, 0.4) is 0 Å². The summed E-state index contributed by atoms with van der Waals surface area (Å²) in [5, 5.41) is 3.11. The number of nitrogens with two attached hydrogens (primary N) is 1. The number of halogens is 2. The Hall–Kier alpha value is -1.34. The highest BCUT2D eigenvalue weighted by atomic mass is 35.5. The molecule has 1 atom stereocenters. The first-order valence-electron chi connectivity index (χ1n) is 10.6. The summed E-state index contributed by atoms with van der Waals surface area (Å²) in [5.41, 5.74) is 6.97. The zero-order chi connectivity index (χ0) is 19.9. The lowest BCUT2D eigenvalue weighted by Gasteiger charge is -2.41.